The fourth-order valence-electron chi connectivity index (χ4n) is 2.75. The van der Waals surface area contributed by atoms with Crippen LogP contribution in [0.5, 0.6) is 11.5 Å². The van der Waals surface area contributed by atoms with Gasteiger partial charge in [0.15, 0.2) is 11.5 Å². The Hall–Kier alpha value is -3.45. The fourth-order valence-corrected chi connectivity index (χ4v) is 3.29. The van der Waals surface area contributed by atoms with Crippen molar-refractivity contribution in [2.24, 2.45) is 5.10 Å². The third-order valence-corrected chi connectivity index (χ3v) is 4.93. The first-order valence-corrected chi connectivity index (χ1v) is 10.3. The zero-order chi connectivity index (χ0) is 22.2. The van der Waals surface area contributed by atoms with E-state index >= 15 is 0 Å². The predicted octanol–water partition coefficient (Wildman–Crippen LogP) is 4.68. The standard InChI is InChI=1S/C24H21BrN2O4/c1-16-8-10-19(11-9-16)24(29)31-23-20(25)12-18(13-21(23)30-2)15-26-27-22(28)14-17-6-4-3-5-7-17/h3-13,15H,14H2,1-2H3,(H,27,28). The number of amides is 1. The smallest absolute Gasteiger partial charge is 0.343 e. The van der Waals surface area contributed by atoms with Gasteiger partial charge in [0.2, 0.25) is 5.91 Å². The highest BCUT2D eigenvalue weighted by Gasteiger charge is 2.16. The Bertz CT molecular complexity index is 1100. The van der Waals surface area contributed by atoms with Gasteiger partial charge in [0.1, 0.15) is 0 Å². The lowest BCUT2D eigenvalue weighted by Crippen LogP contribution is -2.19. The summed E-state index contributed by atoms with van der Waals surface area (Å²) in [6.07, 6.45) is 1.72. The summed E-state index contributed by atoms with van der Waals surface area (Å²) in [4.78, 5) is 24.5. The van der Waals surface area contributed by atoms with Gasteiger partial charge in [-0.3, -0.25) is 4.79 Å². The minimum Gasteiger partial charge on any atom is -0.493 e. The molecule has 0 saturated heterocycles. The lowest BCUT2D eigenvalue weighted by Gasteiger charge is -2.12. The maximum Gasteiger partial charge on any atom is 0.343 e. The molecule has 31 heavy (non-hydrogen) atoms. The van der Waals surface area contributed by atoms with Gasteiger partial charge in [0, 0.05) is 0 Å². The molecule has 158 valence electrons. The van der Waals surface area contributed by atoms with E-state index in [4.69, 9.17) is 9.47 Å². The fraction of sp³-hybridized carbons (Fsp3) is 0.125. The monoisotopic (exact) mass is 480 g/mol. The van der Waals surface area contributed by atoms with Crippen LogP contribution in [0.25, 0.3) is 0 Å². The molecule has 0 unspecified atom stereocenters. The van der Waals surface area contributed by atoms with Gasteiger partial charge in [0.05, 0.1) is 29.8 Å². The van der Waals surface area contributed by atoms with Crippen molar-refractivity contribution in [3.05, 3.63) is 93.5 Å². The third kappa shape index (κ3) is 6.26. The SMILES string of the molecule is COc1cc(C=NNC(=O)Cc2ccccc2)cc(Br)c1OC(=O)c1ccc(C)cc1. The van der Waals surface area contributed by atoms with E-state index in [1.165, 1.54) is 13.3 Å². The first-order chi connectivity index (χ1) is 15.0. The Morgan fingerprint density at radius 2 is 1.77 bits per heavy atom. The van der Waals surface area contributed by atoms with Crippen LogP contribution < -0.4 is 14.9 Å². The van der Waals surface area contributed by atoms with Crippen LogP contribution >= 0.6 is 15.9 Å². The lowest BCUT2D eigenvalue weighted by atomic mass is 10.1. The number of hydrazone groups is 1. The van der Waals surface area contributed by atoms with E-state index in [0.717, 1.165) is 11.1 Å². The molecule has 0 aromatic heterocycles. The number of hydrogen-bond acceptors (Lipinski definition) is 5. The van der Waals surface area contributed by atoms with Crippen molar-refractivity contribution < 1.29 is 19.1 Å². The lowest BCUT2D eigenvalue weighted by molar-refractivity contribution is -0.120. The van der Waals surface area contributed by atoms with Gasteiger partial charge >= 0.3 is 5.97 Å². The molecule has 3 rings (SSSR count). The Balaban J connectivity index is 1.68. The van der Waals surface area contributed by atoms with Gasteiger partial charge in [-0.2, -0.15) is 5.10 Å². The number of aryl methyl sites for hydroxylation is 1. The molecule has 7 heteroatoms. The Morgan fingerprint density at radius 1 is 1.06 bits per heavy atom. The van der Waals surface area contributed by atoms with Gasteiger partial charge in [-0.25, -0.2) is 10.2 Å². The molecule has 0 atom stereocenters. The van der Waals surface area contributed by atoms with Crippen molar-refractivity contribution in [1.82, 2.24) is 5.43 Å². The van der Waals surface area contributed by atoms with Crippen molar-refractivity contribution >= 4 is 34.0 Å². The molecule has 0 fully saturated rings. The topological polar surface area (TPSA) is 77.0 Å². The van der Waals surface area contributed by atoms with E-state index in [-0.39, 0.29) is 18.1 Å². The number of nitrogens with zero attached hydrogens (tertiary/aromatic N) is 1. The van der Waals surface area contributed by atoms with Gasteiger partial charge in [-0.1, -0.05) is 48.0 Å². The molecule has 1 N–H and O–H groups in total. The number of esters is 1. The van der Waals surface area contributed by atoms with E-state index in [9.17, 15) is 9.59 Å². The predicted molar refractivity (Wildman–Crippen MR) is 123 cm³/mol. The van der Waals surface area contributed by atoms with Crippen LogP contribution in [0.15, 0.2) is 76.3 Å². The summed E-state index contributed by atoms with van der Waals surface area (Å²) in [5.74, 6) is -0.101. The molecule has 3 aromatic rings. The summed E-state index contributed by atoms with van der Waals surface area (Å²) in [6, 6.07) is 19.9. The van der Waals surface area contributed by atoms with Gasteiger partial charge in [-0.15, -0.1) is 0 Å². The average molecular weight is 481 g/mol. The Labute approximate surface area is 189 Å². The number of halogens is 1. The second kappa shape index (κ2) is 10.5. The molecular formula is C24H21BrN2O4. The molecule has 0 aliphatic heterocycles. The van der Waals surface area contributed by atoms with E-state index in [0.29, 0.717) is 21.3 Å². The van der Waals surface area contributed by atoms with E-state index < -0.39 is 5.97 Å². The number of benzene rings is 3. The minimum absolute atomic E-state index is 0.225. The molecule has 0 saturated carbocycles. The second-order valence-corrected chi connectivity index (χ2v) is 7.60. The van der Waals surface area contributed by atoms with Gasteiger partial charge < -0.3 is 9.47 Å². The van der Waals surface area contributed by atoms with Crippen LogP contribution in [0, 0.1) is 6.92 Å². The molecule has 0 radical (unpaired) electrons. The van der Waals surface area contributed by atoms with Gasteiger partial charge in [0.25, 0.3) is 0 Å². The molecule has 0 bridgehead atoms. The molecule has 1 amide bonds. The zero-order valence-electron chi connectivity index (χ0n) is 17.1. The number of methoxy groups -OCH3 is 1. The first kappa shape index (κ1) is 22.2. The number of carbonyl (C=O) groups is 2. The summed E-state index contributed by atoms with van der Waals surface area (Å²) in [7, 11) is 1.48. The summed E-state index contributed by atoms with van der Waals surface area (Å²) >= 11 is 3.41. The highest BCUT2D eigenvalue weighted by Crippen LogP contribution is 2.36. The number of nitrogens with one attached hydrogen (secondary N) is 1. The van der Waals surface area contributed by atoms with E-state index in [1.54, 1.807) is 24.3 Å². The number of rotatable bonds is 7. The normalized spacial score (nSPS) is 10.7. The summed E-state index contributed by atoms with van der Waals surface area (Å²) in [5.41, 5.74) is 5.54. The minimum atomic E-state index is -0.492. The molecule has 0 spiro atoms. The molecule has 0 aliphatic rings. The van der Waals surface area contributed by atoms with Crippen molar-refractivity contribution in [3.8, 4) is 11.5 Å². The highest BCUT2D eigenvalue weighted by molar-refractivity contribution is 9.10. The van der Waals surface area contributed by atoms with Gasteiger partial charge in [-0.05, 0) is 58.2 Å². The van der Waals surface area contributed by atoms with Crippen molar-refractivity contribution in [1.29, 1.82) is 0 Å². The summed E-state index contributed by atoms with van der Waals surface area (Å²) in [5, 5.41) is 3.99. The van der Waals surface area contributed by atoms with Crippen LogP contribution in [0.1, 0.15) is 27.0 Å². The summed E-state index contributed by atoms with van der Waals surface area (Å²) in [6.45, 7) is 1.94. The van der Waals surface area contributed by atoms with Crippen LogP contribution in [-0.2, 0) is 11.2 Å². The Morgan fingerprint density at radius 3 is 2.45 bits per heavy atom. The number of ether oxygens (including phenoxy) is 2. The van der Waals surface area contributed by atoms with E-state index in [2.05, 4.69) is 26.5 Å². The number of hydrogen-bond donors (Lipinski definition) is 1. The van der Waals surface area contributed by atoms with Crippen molar-refractivity contribution in [2.75, 3.05) is 7.11 Å². The van der Waals surface area contributed by atoms with Crippen LogP contribution in [0.2, 0.25) is 0 Å². The second-order valence-electron chi connectivity index (χ2n) is 6.75. The Kier molecular flexibility index (Phi) is 7.56. The largest absolute Gasteiger partial charge is 0.493 e. The quantitative estimate of drug-likeness (QED) is 0.230. The van der Waals surface area contributed by atoms with E-state index in [1.807, 2.05) is 49.4 Å². The first-order valence-electron chi connectivity index (χ1n) is 9.48. The highest BCUT2D eigenvalue weighted by atomic mass is 79.9. The maximum atomic E-state index is 12.5. The van der Waals surface area contributed by atoms with Crippen LogP contribution in [0.3, 0.4) is 0 Å². The molecular weight excluding hydrogens is 460 g/mol. The molecule has 3 aromatic carbocycles. The van der Waals surface area contributed by atoms with Crippen molar-refractivity contribution in [3.63, 3.8) is 0 Å². The summed E-state index contributed by atoms with van der Waals surface area (Å²) < 4.78 is 11.4. The number of carbonyl (C=O) groups excluding carboxylic acids is 2. The molecule has 0 aliphatic carbocycles. The third-order valence-electron chi connectivity index (χ3n) is 4.34. The van der Waals surface area contributed by atoms with Crippen LogP contribution in [-0.4, -0.2) is 25.2 Å². The van der Waals surface area contributed by atoms with Crippen molar-refractivity contribution in [2.45, 2.75) is 13.3 Å². The average Bonchev–Trinajstić information content (AvgIpc) is 2.76. The van der Waals surface area contributed by atoms with Crippen LogP contribution in [0.4, 0.5) is 0 Å². The molecule has 0 heterocycles. The maximum absolute atomic E-state index is 12.5. The molecule has 6 nitrogen and oxygen atoms in total. The zero-order valence-corrected chi connectivity index (χ0v) is 18.7.